The highest BCUT2D eigenvalue weighted by atomic mass is 19.3. The Balaban J connectivity index is 2.20. The van der Waals surface area contributed by atoms with Crippen LogP contribution in [0.3, 0.4) is 0 Å². The molecule has 0 amide bonds. The molecule has 0 aromatic heterocycles. The van der Waals surface area contributed by atoms with Gasteiger partial charge in [-0.2, -0.15) is 0 Å². The first kappa shape index (κ1) is 18.3. The van der Waals surface area contributed by atoms with Gasteiger partial charge in [0.15, 0.2) is 0 Å². The number of rotatable bonds is 7. The van der Waals surface area contributed by atoms with Crippen molar-refractivity contribution >= 4 is 0 Å². The zero-order chi connectivity index (χ0) is 16.8. The summed E-state index contributed by atoms with van der Waals surface area (Å²) >= 11 is 0. The zero-order valence-corrected chi connectivity index (χ0v) is 14.1. The van der Waals surface area contributed by atoms with Gasteiger partial charge >= 0.3 is 0 Å². The van der Waals surface area contributed by atoms with E-state index in [9.17, 15) is 13.2 Å². The monoisotopic (exact) mass is 328 g/mol. The largest absolute Gasteiger partial charge is 0.378 e. The zero-order valence-electron chi connectivity index (χ0n) is 14.1. The molecule has 1 nitrogen and oxygen atoms in total. The summed E-state index contributed by atoms with van der Waals surface area (Å²) in [5.74, 6) is -0.822. The second kappa shape index (κ2) is 8.72. The van der Waals surface area contributed by atoms with Gasteiger partial charge < -0.3 is 4.74 Å². The standard InChI is InChI=1S/C19H27F3O/c1-3-5-6-7-13-9-11-16(18(20)17(13)19(21)22)14-8-10-15(4-2)23-12-14/h9,11,14-15,19H,3-8,10,12H2,1-2H3. The van der Waals surface area contributed by atoms with Crippen LogP contribution in [0.4, 0.5) is 13.2 Å². The fourth-order valence-corrected chi connectivity index (χ4v) is 3.36. The predicted octanol–water partition coefficient (Wildman–Crippen LogP) is 6.17. The molecule has 1 aromatic carbocycles. The molecule has 0 spiro atoms. The summed E-state index contributed by atoms with van der Waals surface area (Å²) < 4.78 is 47.2. The average molecular weight is 328 g/mol. The van der Waals surface area contributed by atoms with Crippen molar-refractivity contribution in [2.24, 2.45) is 0 Å². The fourth-order valence-electron chi connectivity index (χ4n) is 3.36. The number of hydrogen-bond donors (Lipinski definition) is 0. The second-order valence-electron chi connectivity index (χ2n) is 6.44. The van der Waals surface area contributed by atoms with E-state index in [1.165, 1.54) is 0 Å². The van der Waals surface area contributed by atoms with Crippen LogP contribution < -0.4 is 0 Å². The van der Waals surface area contributed by atoms with E-state index in [1.54, 1.807) is 12.1 Å². The van der Waals surface area contributed by atoms with Gasteiger partial charge in [-0.1, -0.05) is 38.8 Å². The third kappa shape index (κ3) is 4.50. The van der Waals surface area contributed by atoms with Gasteiger partial charge in [-0.25, -0.2) is 13.2 Å². The lowest BCUT2D eigenvalue weighted by atomic mass is 9.87. The van der Waals surface area contributed by atoms with Crippen LogP contribution in [-0.4, -0.2) is 12.7 Å². The molecule has 0 saturated carbocycles. The summed E-state index contributed by atoms with van der Waals surface area (Å²) in [5.41, 5.74) is 0.461. The van der Waals surface area contributed by atoms with Crippen molar-refractivity contribution in [2.45, 2.75) is 77.2 Å². The molecule has 0 N–H and O–H groups in total. The number of alkyl halides is 2. The molecule has 0 aliphatic carbocycles. The van der Waals surface area contributed by atoms with Crippen molar-refractivity contribution in [1.29, 1.82) is 0 Å². The van der Waals surface area contributed by atoms with Gasteiger partial charge in [0.1, 0.15) is 5.82 Å². The number of halogens is 3. The van der Waals surface area contributed by atoms with E-state index in [2.05, 4.69) is 13.8 Å². The number of aryl methyl sites for hydroxylation is 1. The minimum Gasteiger partial charge on any atom is -0.378 e. The maximum Gasteiger partial charge on any atom is 0.266 e. The minimum atomic E-state index is -2.76. The SMILES string of the molecule is CCCCCc1ccc(C2CCC(CC)OC2)c(F)c1C(F)F. The maximum absolute atomic E-state index is 14.7. The summed E-state index contributed by atoms with van der Waals surface area (Å²) in [7, 11) is 0. The molecule has 130 valence electrons. The normalized spacial score (nSPS) is 21.8. The molecule has 4 heteroatoms. The van der Waals surface area contributed by atoms with E-state index >= 15 is 0 Å². The summed E-state index contributed by atoms with van der Waals surface area (Å²) in [4.78, 5) is 0. The highest BCUT2D eigenvalue weighted by Crippen LogP contribution is 2.36. The van der Waals surface area contributed by atoms with Crippen LogP contribution in [0, 0.1) is 5.82 Å². The molecule has 1 heterocycles. The summed E-state index contributed by atoms with van der Waals surface area (Å²) in [6.07, 6.45) is 3.38. The Morgan fingerprint density at radius 2 is 1.96 bits per heavy atom. The Labute approximate surface area is 137 Å². The first-order valence-corrected chi connectivity index (χ1v) is 8.79. The van der Waals surface area contributed by atoms with Crippen LogP contribution in [0.5, 0.6) is 0 Å². The third-order valence-corrected chi connectivity index (χ3v) is 4.83. The summed E-state index contributed by atoms with van der Waals surface area (Å²) in [6.45, 7) is 4.54. The lowest BCUT2D eigenvalue weighted by Gasteiger charge is -2.29. The Bertz CT molecular complexity index is 494. The molecule has 2 atom stereocenters. The van der Waals surface area contributed by atoms with E-state index in [0.29, 0.717) is 24.2 Å². The van der Waals surface area contributed by atoms with E-state index in [-0.39, 0.29) is 12.0 Å². The number of unbranched alkanes of at least 4 members (excludes halogenated alkanes) is 2. The van der Waals surface area contributed by atoms with E-state index in [1.807, 2.05) is 0 Å². The van der Waals surface area contributed by atoms with E-state index < -0.39 is 17.8 Å². The summed E-state index contributed by atoms with van der Waals surface area (Å²) in [5, 5.41) is 0. The van der Waals surface area contributed by atoms with Gasteiger partial charge in [-0.3, -0.25) is 0 Å². The third-order valence-electron chi connectivity index (χ3n) is 4.83. The van der Waals surface area contributed by atoms with Crippen LogP contribution >= 0.6 is 0 Å². The molecule has 23 heavy (non-hydrogen) atoms. The quantitative estimate of drug-likeness (QED) is 0.544. The molecule has 0 bridgehead atoms. The highest BCUT2D eigenvalue weighted by molar-refractivity contribution is 5.37. The fraction of sp³-hybridized carbons (Fsp3) is 0.684. The van der Waals surface area contributed by atoms with Crippen LogP contribution in [0.25, 0.3) is 0 Å². The van der Waals surface area contributed by atoms with Crippen molar-refractivity contribution in [3.63, 3.8) is 0 Å². The topological polar surface area (TPSA) is 9.23 Å². The first-order chi connectivity index (χ1) is 11.1. The first-order valence-electron chi connectivity index (χ1n) is 8.79. The molecular weight excluding hydrogens is 301 g/mol. The van der Waals surface area contributed by atoms with Gasteiger partial charge in [0.2, 0.25) is 0 Å². The Hall–Kier alpha value is -1.03. The van der Waals surface area contributed by atoms with Crippen molar-refractivity contribution in [2.75, 3.05) is 6.61 Å². The molecule has 2 rings (SSSR count). The maximum atomic E-state index is 14.7. The minimum absolute atomic E-state index is 0.111. The van der Waals surface area contributed by atoms with Crippen molar-refractivity contribution in [3.05, 3.63) is 34.6 Å². The number of hydrogen-bond acceptors (Lipinski definition) is 1. The molecule has 1 aromatic rings. The van der Waals surface area contributed by atoms with Crippen molar-refractivity contribution in [1.82, 2.24) is 0 Å². The van der Waals surface area contributed by atoms with Crippen molar-refractivity contribution < 1.29 is 17.9 Å². The van der Waals surface area contributed by atoms with Crippen LogP contribution in [0.2, 0.25) is 0 Å². The van der Waals surface area contributed by atoms with Gasteiger partial charge in [-0.15, -0.1) is 0 Å². The molecule has 0 radical (unpaired) electrons. The Kier molecular flexibility index (Phi) is 6.94. The Morgan fingerprint density at radius 1 is 1.17 bits per heavy atom. The van der Waals surface area contributed by atoms with Gasteiger partial charge in [0.25, 0.3) is 6.43 Å². The van der Waals surface area contributed by atoms with E-state index in [4.69, 9.17) is 4.74 Å². The molecule has 1 aliphatic heterocycles. The van der Waals surface area contributed by atoms with Crippen LogP contribution in [0.15, 0.2) is 12.1 Å². The lowest BCUT2D eigenvalue weighted by Crippen LogP contribution is -2.25. The van der Waals surface area contributed by atoms with E-state index in [0.717, 1.165) is 38.5 Å². The molecule has 2 unspecified atom stereocenters. The second-order valence-corrected chi connectivity index (χ2v) is 6.44. The van der Waals surface area contributed by atoms with Gasteiger partial charge in [0, 0.05) is 5.92 Å². The number of benzene rings is 1. The van der Waals surface area contributed by atoms with Gasteiger partial charge in [-0.05, 0) is 43.2 Å². The molecular formula is C19H27F3O. The lowest BCUT2D eigenvalue weighted by molar-refractivity contribution is 0.00126. The van der Waals surface area contributed by atoms with Crippen LogP contribution in [-0.2, 0) is 11.2 Å². The van der Waals surface area contributed by atoms with Gasteiger partial charge in [0.05, 0.1) is 18.3 Å². The molecule has 1 saturated heterocycles. The van der Waals surface area contributed by atoms with Crippen LogP contribution in [0.1, 0.15) is 81.4 Å². The molecule has 1 fully saturated rings. The highest BCUT2D eigenvalue weighted by Gasteiger charge is 2.28. The molecule has 1 aliphatic rings. The average Bonchev–Trinajstić information content (AvgIpc) is 2.55. The summed E-state index contributed by atoms with van der Waals surface area (Å²) in [6, 6.07) is 3.39. The predicted molar refractivity (Wildman–Crippen MR) is 86.6 cm³/mol. The number of ether oxygens (including phenoxy) is 1. The van der Waals surface area contributed by atoms with Crippen molar-refractivity contribution in [3.8, 4) is 0 Å². The Morgan fingerprint density at radius 3 is 2.52 bits per heavy atom. The smallest absolute Gasteiger partial charge is 0.266 e.